The van der Waals surface area contributed by atoms with Crippen LogP contribution < -0.4 is 5.32 Å². The first-order valence-corrected chi connectivity index (χ1v) is 4.60. The van der Waals surface area contributed by atoms with Gasteiger partial charge < -0.3 is 5.11 Å². The lowest BCUT2D eigenvalue weighted by atomic mass is 10.1. The molecule has 1 rings (SSSR count). The van der Waals surface area contributed by atoms with E-state index in [4.69, 9.17) is 5.11 Å². The Morgan fingerprint density at radius 2 is 2.00 bits per heavy atom. The van der Waals surface area contributed by atoms with Gasteiger partial charge >= 0.3 is 5.97 Å². The molecule has 0 amide bonds. The third-order valence-corrected chi connectivity index (χ3v) is 2.02. The Hall–Kier alpha value is -1.63. The fraction of sp³-hybridized carbons (Fsp3) is 0.300. The zero-order chi connectivity index (χ0) is 13.0. The first-order valence-electron chi connectivity index (χ1n) is 4.60. The standard InChI is InChI=1S/C10H9F4NO2/c11-5-1-2-6(7(12)3-5)9(10(13)14)15-4-8(16)17/h1-3,9-10,15H,4H2,(H,16,17). The van der Waals surface area contributed by atoms with Gasteiger partial charge in [0.05, 0.1) is 12.6 Å². The first-order chi connectivity index (χ1) is 7.91. The largest absolute Gasteiger partial charge is 0.480 e. The molecular formula is C10H9F4NO2. The highest BCUT2D eigenvalue weighted by atomic mass is 19.3. The number of carbonyl (C=O) groups is 1. The third-order valence-electron chi connectivity index (χ3n) is 2.02. The number of benzene rings is 1. The molecule has 1 aromatic rings. The topological polar surface area (TPSA) is 49.3 Å². The van der Waals surface area contributed by atoms with Crippen LogP contribution in [-0.2, 0) is 4.79 Å². The van der Waals surface area contributed by atoms with Crippen LogP contribution in [0.1, 0.15) is 11.6 Å². The van der Waals surface area contributed by atoms with Gasteiger partial charge in [0, 0.05) is 11.6 Å². The van der Waals surface area contributed by atoms with Crippen LogP contribution >= 0.6 is 0 Å². The predicted octanol–water partition coefficient (Wildman–Crippen LogP) is 1.95. The normalized spacial score (nSPS) is 12.8. The SMILES string of the molecule is O=C(O)CNC(c1ccc(F)cc1F)C(F)F. The Balaban J connectivity index is 2.93. The summed E-state index contributed by atoms with van der Waals surface area (Å²) in [5.74, 6) is -3.39. The summed E-state index contributed by atoms with van der Waals surface area (Å²) in [6.45, 7) is -0.744. The molecule has 94 valence electrons. The molecule has 2 N–H and O–H groups in total. The Morgan fingerprint density at radius 3 is 2.47 bits per heavy atom. The minimum atomic E-state index is -3.01. The molecule has 0 fully saturated rings. The van der Waals surface area contributed by atoms with Crippen LogP contribution in [-0.4, -0.2) is 24.0 Å². The summed E-state index contributed by atoms with van der Waals surface area (Å²) in [5, 5.41) is 10.3. The van der Waals surface area contributed by atoms with Crippen LogP contribution in [0, 0.1) is 11.6 Å². The van der Waals surface area contributed by atoms with E-state index in [9.17, 15) is 22.4 Å². The van der Waals surface area contributed by atoms with Gasteiger partial charge in [0.2, 0.25) is 0 Å². The molecule has 0 bridgehead atoms. The average molecular weight is 251 g/mol. The fourth-order valence-corrected chi connectivity index (χ4v) is 1.29. The van der Waals surface area contributed by atoms with Crippen molar-refractivity contribution in [2.75, 3.05) is 6.54 Å². The van der Waals surface area contributed by atoms with E-state index >= 15 is 0 Å². The molecule has 0 saturated carbocycles. The van der Waals surface area contributed by atoms with Gasteiger partial charge in [-0.05, 0) is 6.07 Å². The summed E-state index contributed by atoms with van der Waals surface area (Å²) >= 11 is 0. The summed E-state index contributed by atoms with van der Waals surface area (Å²) in [4.78, 5) is 10.2. The van der Waals surface area contributed by atoms with Crippen molar-refractivity contribution in [2.45, 2.75) is 12.5 Å². The van der Waals surface area contributed by atoms with Crippen LogP contribution in [0.4, 0.5) is 17.6 Å². The van der Waals surface area contributed by atoms with Gasteiger partial charge in [0.15, 0.2) is 0 Å². The molecule has 0 aliphatic rings. The van der Waals surface area contributed by atoms with Crippen LogP contribution in [0.2, 0.25) is 0 Å². The number of hydrogen-bond donors (Lipinski definition) is 2. The van der Waals surface area contributed by atoms with E-state index in [0.29, 0.717) is 6.07 Å². The van der Waals surface area contributed by atoms with Gasteiger partial charge in [-0.2, -0.15) is 0 Å². The Bertz CT molecular complexity index is 411. The second-order valence-electron chi connectivity index (χ2n) is 3.25. The molecule has 17 heavy (non-hydrogen) atoms. The molecule has 0 saturated heterocycles. The zero-order valence-corrected chi connectivity index (χ0v) is 8.46. The molecule has 0 heterocycles. The molecule has 0 aliphatic carbocycles. The van der Waals surface area contributed by atoms with E-state index in [-0.39, 0.29) is 0 Å². The van der Waals surface area contributed by atoms with Crippen molar-refractivity contribution in [3.63, 3.8) is 0 Å². The van der Waals surface area contributed by atoms with Gasteiger partial charge in [-0.3, -0.25) is 10.1 Å². The number of aliphatic carboxylic acids is 1. The highest BCUT2D eigenvalue weighted by Gasteiger charge is 2.25. The molecule has 3 nitrogen and oxygen atoms in total. The third kappa shape index (κ3) is 3.70. The molecule has 0 radical (unpaired) electrons. The van der Waals surface area contributed by atoms with Crippen molar-refractivity contribution < 1.29 is 27.5 Å². The summed E-state index contributed by atoms with van der Waals surface area (Å²) in [6.07, 6.45) is -3.01. The number of carboxylic acids is 1. The van der Waals surface area contributed by atoms with Crippen LogP contribution in [0.5, 0.6) is 0 Å². The van der Waals surface area contributed by atoms with Crippen molar-refractivity contribution in [3.8, 4) is 0 Å². The summed E-state index contributed by atoms with van der Waals surface area (Å²) < 4.78 is 51.0. The highest BCUT2D eigenvalue weighted by Crippen LogP contribution is 2.23. The lowest BCUT2D eigenvalue weighted by Crippen LogP contribution is -2.32. The predicted molar refractivity (Wildman–Crippen MR) is 50.7 cm³/mol. The van der Waals surface area contributed by atoms with Gasteiger partial charge in [-0.1, -0.05) is 6.07 Å². The number of halogens is 4. The quantitative estimate of drug-likeness (QED) is 0.786. The zero-order valence-electron chi connectivity index (χ0n) is 8.46. The maximum Gasteiger partial charge on any atom is 0.317 e. The molecular weight excluding hydrogens is 242 g/mol. The number of carboxylic acid groups (broad SMARTS) is 1. The average Bonchev–Trinajstić information content (AvgIpc) is 2.20. The van der Waals surface area contributed by atoms with E-state index in [1.54, 1.807) is 0 Å². The van der Waals surface area contributed by atoms with E-state index in [1.165, 1.54) is 0 Å². The second-order valence-corrected chi connectivity index (χ2v) is 3.25. The van der Waals surface area contributed by atoms with Crippen LogP contribution in [0.25, 0.3) is 0 Å². The number of alkyl halides is 2. The molecule has 1 atom stereocenters. The second kappa shape index (κ2) is 5.62. The molecule has 0 aliphatic heterocycles. The van der Waals surface area contributed by atoms with Crippen molar-refractivity contribution in [1.82, 2.24) is 5.32 Å². The maximum atomic E-state index is 13.2. The Labute approximate surface area is 94.1 Å². The summed E-state index contributed by atoms with van der Waals surface area (Å²) in [7, 11) is 0. The van der Waals surface area contributed by atoms with E-state index in [0.717, 1.165) is 12.1 Å². The monoisotopic (exact) mass is 251 g/mol. The van der Waals surface area contributed by atoms with E-state index in [2.05, 4.69) is 0 Å². The van der Waals surface area contributed by atoms with E-state index < -0.39 is 42.2 Å². The summed E-state index contributed by atoms with van der Waals surface area (Å²) in [6, 6.07) is 0.367. The Morgan fingerprint density at radius 1 is 1.35 bits per heavy atom. The molecule has 1 aromatic carbocycles. The molecule has 1 unspecified atom stereocenters. The van der Waals surface area contributed by atoms with Gasteiger partial charge in [0.1, 0.15) is 11.6 Å². The lowest BCUT2D eigenvalue weighted by Gasteiger charge is -2.17. The molecule has 7 heteroatoms. The number of rotatable bonds is 5. The highest BCUT2D eigenvalue weighted by molar-refractivity contribution is 5.69. The number of nitrogens with one attached hydrogen (secondary N) is 1. The van der Waals surface area contributed by atoms with Crippen LogP contribution in [0.15, 0.2) is 18.2 Å². The first kappa shape index (κ1) is 13.4. The maximum absolute atomic E-state index is 13.2. The van der Waals surface area contributed by atoms with Crippen molar-refractivity contribution in [3.05, 3.63) is 35.4 Å². The van der Waals surface area contributed by atoms with Gasteiger partial charge in [-0.25, -0.2) is 17.6 Å². The lowest BCUT2D eigenvalue weighted by molar-refractivity contribution is -0.136. The van der Waals surface area contributed by atoms with Crippen molar-refractivity contribution in [2.24, 2.45) is 0 Å². The minimum absolute atomic E-state index is 0.465. The van der Waals surface area contributed by atoms with E-state index in [1.807, 2.05) is 5.32 Å². The fourth-order valence-electron chi connectivity index (χ4n) is 1.29. The van der Waals surface area contributed by atoms with Crippen LogP contribution in [0.3, 0.4) is 0 Å². The molecule has 0 aromatic heterocycles. The van der Waals surface area contributed by atoms with Crippen molar-refractivity contribution in [1.29, 1.82) is 0 Å². The van der Waals surface area contributed by atoms with Gasteiger partial charge in [0.25, 0.3) is 6.43 Å². The Kier molecular flexibility index (Phi) is 4.45. The summed E-state index contributed by atoms with van der Waals surface area (Å²) in [5.41, 5.74) is -0.470. The smallest absolute Gasteiger partial charge is 0.317 e. The van der Waals surface area contributed by atoms with Crippen molar-refractivity contribution >= 4 is 5.97 Å². The molecule has 0 spiro atoms. The number of hydrogen-bond acceptors (Lipinski definition) is 2. The van der Waals surface area contributed by atoms with Gasteiger partial charge in [-0.15, -0.1) is 0 Å². The minimum Gasteiger partial charge on any atom is -0.480 e.